The van der Waals surface area contributed by atoms with Crippen molar-refractivity contribution in [2.24, 2.45) is 7.05 Å². The molecule has 0 saturated heterocycles. The van der Waals surface area contributed by atoms with Crippen LogP contribution in [0.4, 0.5) is 0 Å². The van der Waals surface area contributed by atoms with Crippen molar-refractivity contribution in [1.29, 1.82) is 0 Å². The van der Waals surface area contributed by atoms with Gasteiger partial charge in [0.2, 0.25) is 0 Å². The van der Waals surface area contributed by atoms with E-state index in [1.807, 2.05) is 13.2 Å². The molecule has 0 saturated carbocycles. The number of nitrogens with zero attached hydrogens (tertiary/aromatic N) is 3. The number of rotatable bonds is 4. The molecule has 1 N–H and O–H groups in total. The highest BCUT2D eigenvalue weighted by molar-refractivity contribution is 5.95. The summed E-state index contributed by atoms with van der Waals surface area (Å²) in [5.41, 5.74) is 10.8. The molecule has 0 aliphatic heterocycles. The predicted octanol–water partition coefficient (Wildman–Crippen LogP) is 11.1. The summed E-state index contributed by atoms with van der Waals surface area (Å²) >= 11 is 0. The summed E-state index contributed by atoms with van der Waals surface area (Å²) in [7, 11) is 2.03. The van der Waals surface area contributed by atoms with Crippen LogP contribution in [0.2, 0.25) is 0 Å². The van der Waals surface area contributed by atoms with Crippen LogP contribution in [0.15, 0.2) is 115 Å². The Hall–Kier alpha value is -5.22. The lowest BCUT2D eigenvalue weighted by Crippen LogP contribution is -2.17. The number of imidazole rings is 1. The minimum atomic E-state index is -0.226. The molecule has 0 amide bonds. The lowest BCUT2D eigenvalue weighted by Gasteiger charge is -2.27. The van der Waals surface area contributed by atoms with Gasteiger partial charge in [-0.05, 0) is 80.3 Å². The second-order valence-corrected chi connectivity index (χ2v) is 14.7. The molecule has 0 radical (unpaired) electrons. The molecule has 2 aromatic heterocycles. The van der Waals surface area contributed by atoms with E-state index in [1.54, 1.807) is 0 Å². The molecular formula is C43H41N3O. The lowest BCUT2D eigenvalue weighted by molar-refractivity contribution is 0.446. The number of aryl methyl sites for hydroxylation is 1. The van der Waals surface area contributed by atoms with Gasteiger partial charge in [-0.25, -0.2) is 4.98 Å². The zero-order chi connectivity index (χ0) is 33.1. The molecule has 2 heterocycles. The van der Waals surface area contributed by atoms with Crippen molar-refractivity contribution in [1.82, 2.24) is 14.5 Å². The van der Waals surface area contributed by atoms with Gasteiger partial charge in [0, 0.05) is 29.9 Å². The van der Waals surface area contributed by atoms with Gasteiger partial charge in [0.05, 0.1) is 22.3 Å². The first kappa shape index (κ1) is 30.4. The fourth-order valence-corrected chi connectivity index (χ4v) is 6.48. The Morgan fingerprint density at radius 3 is 2.09 bits per heavy atom. The van der Waals surface area contributed by atoms with Gasteiger partial charge in [-0.3, -0.25) is 4.98 Å². The Morgan fingerprint density at radius 2 is 1.32 bits per heavy atom. The highest BCUT2D eigenvalue weighted by Crippen LogP contribution is 2.43. The fourth-order valence-electron chi connectivity index (χ4n) is 6.48. The topological polar surface area (TPSA) is 50.9 Å². The molecule has 7 rings (SSSR count). The molecule has 7 aromatic rings. The van der Waals surface area contributed by atoms with Gasteiger partial charge in [-0.15, -0.1) is 0 Å². The van der Waals surface area contributed by atoms with Crippen molar-refractivity contribution in [3.63, 3.8) is 0 Å². The van der Waals surface area contributed by atoms with Crippen LogP contribution in [0.5, 0.6) is 5.75 Å². The van der Waals surface area contributed by atoms with Crippen LogP contribution in [-0.2, 0) is 17.9 Å². The molecule has 0 aliphatic carbocycles. The van der Waals surface area contributed by atoms with E-state index in [0.29, 0.717) is 5.75 Å². The third kappa shape index (κ3) is 5.59. The Balaban J connectivity index is 1.32. The zero-order valence-corrected chi connectivity index (χ0v) is 28.3. The number of aromatic hydroxyl groups is 1. The summed E-state index contributed by atoms with van der Waals surface area (Å²) < 4.78 is 2.10. The summed E-state index contributed by atoms with van der Waals surface area (Å²) in [6.07, 6.45) is 1.89. The molecular weight excluding hydrogens is 574 g/mol. The Kier molecular flexibility index (Phi) is 7.28. The van der Waals surface area contributed by atoms with Gasteiger partial charge in [0.15, 0.2) is 0 Å². The smallest absolute Gasteiger partial charge is 0.144 e. The molecule has 0 aliphatic rings. The second-order valence-electron chi connectivity index (χ2n) is 14.7. The Morgan fingerprint density at radius 1 is 0.596 bits per heavy atom. The molecule has 0 spiro atoms. The number of fused-ring (bicyclic) bond motifs is 2. The summed E-state index contributed by atoms with van der Waals surface area (Å²) in [5, 5.41) is 14.1. The maximum absolute atomic E-state index is 11.7. The quantitative estimate of drug-likeness (QED) is 0.214. The van der Waals surface area contributed by atoms with E-state index in [-0.39, 0.29) is 10.8 Å². The van der Waals surface area contributed by atoms with Crippen LogP contribution in [0.3, 0.4) is 0 Å². The number of aromatic nitrogens is 3. The van der Waals surface area contributed by atoms with Crippen LogP contribution in [0, 0.1) is 0 Å². The molecule has 5 aromatic carbocycles. The van der Waals surface area contributed by atoms with E-state index in [0.717, 1.165) is 55.9 Å². The first-order valence-electron chi connectivity index (χ1n) is 16.3. The number of pyridine rings is 1. The van der Waals surface area contributed by atoms with Crippen LogP contribution in [0.1, 0.15) is 52.7 Å². The standard InChI is InChI=1S/C43H41N3O/c1-42(2,3)33-25-35(40(47)36(26-33)43(4,5)6)41-45-39-34(16-11-17-38(39)46(41)7)31-14-10-15-32(23-31)37-24-30(20-21-44-37)29-19-18-27-12-8-9-13-28(27)22-29/h8-26,47H,1-7H3. The van der Waals surface area contributed by atoms with Gasteiger partial charge in [0.1, 0.15) is 11.6 Å². The van der Waals surface area contributed by atoms with Crippen molar-refractivity contribution in [3.8, 4) is 50.6 Å². The summed E-state index contributed by atoms with van der Waals surface area (Å²) in [4.78, 5) is 10.0. The number of benzene rings is 5. The Bertz CT molecular complexity index is 2300. The average molecular weight is 616 g/mol. The van der Waals surface area contributed by atoms with Crippen LogP contribution >= 0.6 is 0 Å². The molecule has 47 heavy (non-hydrogen) atoms. The van der Waals surface area contributed by atoms with Crippen molar-refractivity contribution in [3.05, 3.63) is 127 Å². The summed E-state index contributed by atoms with van der Waals surface area (Å²) in [6.45, 7) is 13.1. The summed E-state index contributed by atoms with van der Waals surface area (Å²) in [5.74, 6) is 1.05. The van der Waals surface area contributed by atoms with Crippen molar-refractivity contribution in [2.45, 2.75) is 52.4 Å². The largest absolute Gasteiger partial charge is 0.507 e. The highest BCUT2D eigenvalue weighted by Gasteiger charge is 2.27. The van der Waals surface area contributed by atoms with Crippen molar-refractivity contribution in [2.75, 3.05) is 0 Å². The third-order valence-corrected chi connectivity index (χ3v) is 9.25. The van der Waals surface area contributed by atoms with E-state index in [2.05, 4.69) is 155 Å². The van der Waals surface area contributed by atoms with Crippen LogP contribution < -0.4 is 0 Å². The Labute approximate surface area is 277 Å². The number of para-hydroxylation sites is 1. The van der Waals surface area contributed by atoms with Gasteiger partial charge >= 0.3 is 0 Å². The number of hydrogen-bond acceptors (Lipinski definition) is 3. The fraction of sp³-hybridized carbons (Fsp3) is 0.209. The number of hydrogen-bond donors (Lipinski definition) is 1. The van der Waals surface area contributed by atoms with Gasteiger partial charge in [-0.2, -0.15) is 0 Å². The van der Waals surface area contributed by atoms with E-state index in [1.165, 1.54) is 21.9 Å². The first-order valence-corrected chi connectivity index (χ1v) is 16.3. The number of phenolic OH excluding ortho intramolecular Hbond substituents is 1. The highest BCUT2D eigenvalue weighted by atomic mass is 16.3. The molecule has 0 fully saturated rings. The summed E-state index contributed by atoms with van der Waals surface area (Å²) in [6, 6.07) is 38.4. The number of phenols is 1. The lowest BCUT2D eigenvalue weighted by atomic mass is 9.79. The van der Waals surface area contributed by atoms with Gasteiger partial charge in [-0.1, -0.05) is 114 Å². The van der Waals surface area contributed by atoms with E-state index in [4.69, 9.17) is 9.97 Å². The van der Waals surface area contributed by atoms with E-state index in [9.17, 15) is 5.11 Å². The predicted molar refractivity (Wildman–Crippen MR) is 197 cm³/mol. The minimum Gasteiger partial charge on any atom is -0.507 e. The monoisotopic (exact) mass is 615 g/mol. The zero-order valence-electron chi connectivity index (χ0n) is 28.3. The van der Waals surface area contributed by atoms with Gasteiger partial charge < -0.3 is 9.67 Å². The molecule has 0 bridgehead atoms. The molecule has 0 atom stereocenters. The molecule has 234 valence electrons. The third-order valence-electron chi connectivity index (χ3n) is 9.25. The maximum atomic E-state index is 11.7. The van der Waals surface area contributed by atoms with E-state index < -0.39 is 0 Å². The van der Waals surface area contributed by atoms with Crippen LogP contribution in [0.25, 0.3) is 66.7 Å². The van der Waals surface area contributed by atoms with Gasteiger partial charge in [0.25, 0.3) is 0 Å². The SMILES string of the molecule is Cn1c(-c2cc(C(C)(C)C)cc(C(C)(C)C)c2O)nc2c(-c3cccc(-c4cc(-c5ccc6ccccc6c5)ccn4)c3)cccc21. The van der Waals surface area contributed by atoms with E-state index >= 15 is 0 Å². The maximum Gasteiger partial charge on any atom is 0.144 e. The second kappa shape index (κ2) is 11.2. The first-order chi connectivity index (χ1) is 22.4. The molecule has 4 nitrogen and oxygen atoms in total. The minimum absolute atomic E-state index is 0.0850. The molecule has 0 unspecified atom stereocenters. The average Bonchev–Trinajstić information content (AvgIpc) is 3.39. The van der Waals surface area contributed by atoms with Crippen molar-refractivity contribution < 1.29 is 5.11 Å². The normalized spacial score (nSPS) is 12.2. The van der Waals surface area contributed by atoms with Crippen LogP contribution in [-0.4, -0.2) is 19.6 Å². The van der Waals surface area contributed by atoms with Crippen molar-refractivity contribution >= 4 is 21.8 Å². The molecule has 4 heteroatoms.